The largest absolute Gasteiger partial charge is 0.497 e. The molecular weight excluding hydrogens is 348 g/mol. The maximum absolute atomic E-state index is 12.1. The van der Waals surface area contributed by atoms with E-state index in [4.69, 9.17) is 10.00 Å². The Kier molecular flexibility index (Phi) is 6.91. The van der Waals surface area contributed by atoms with Crippen LogP contribution in [0.25, 0.3) is 0 Å². The van der Waals surface area contributed by atoms with Crippen molar-refractivity contribution in [3.05, 3.63) is 76.0 Å². The number of anilines is 1. The van der Waals surface area contributed by atoms with Crippen LogP contribution in [0, 0.1) is 21.4 Å². The Morgan fingerprint density at radius 1 is 1.22 bits per heavy atom. The maximum atomic E-state index is 12.1. The Bertz CT molecular complexity index is 868. The number of benzene rings is 2. The standard InChI is InChI=1S/C19H18N4O4/c1-27-18-8-2-14(3-9-18)10-11-21-19(24)15(12-20)13-22-16-4-6-17(7-5-16)23(25)26/h2-9,13,22H,10-11H2,1H3,(H,21,24)/b15-13-. The zero-order valence-corrected chi connectivity index (χ0v) is 14.6. The van der Waals surface area contributed by atoms with Gasteiger partial charge in [-0.2, -0.15) is 5.26 Å². The van der Waals surface area contributed by atoms with Gasteiger partial charge >= 0.3 is 0 Å². The molecule has 2 rings (SSSR count). The van der Waals surface area contributed by atoms with Gasteiger partial charge in [0.2, 0.25) is 0 Å². The number of nitrogens with zero attached hydrogens (tertiary/aromatic N) is 2. The van der Waals surface area contributed by atoms with Gasteiger partial charge in [0.25, 0.3) is 11.6 Å². The molecule has 0 aromatic heterocycles. The van der Waals surface area contributed by atoms with Crippen LogP contribution in [0.2, 0.25) is 0 Å². The highest BCUT2D eigenvalue weighted by Crippen LogP contribution is 2.15. The van der Waals surface area contributed by atoms with Crippen molar-refractivity contribution in [1.82, 2.24) is 5.32 Å². The number of rotatable bonds is 8. The normalized spacial score (nSPS) is 10.6. The first-order chi connectivity index (χ1) is 13.0. The van der Waals surface area contributed by atoms with Gasteiger partial charge in [0.15, 0.2) is 0 Å². The molecule has 8 heteroatoms. The average molecular weight is 366 g/mol. The number of nitro groups is 1. The summed E-state index contributed by atoms with van der Waals surface area (Å²) in [6.07, 6.45) is 1.88. The lowest BCUT2D eigenvalue weighted by atomic mass is 10.1. The molecule has 0 saturated carbocycles. The summed E-state index contributed by atoms with van der Waals surface area (Å²) in [7, 11) is 1.59. The van der Waals surface area contributed by atoms with Crippen molar-refractivity contribution >= 4 is 17.3 Å². The van der Waals surface area contributed by atoms with Crippen LogP contribution in [0.3, 0.4) is 0 Å². The first-order valence-electron chi connectivity index (χ1n) is 8.06. The lowest BCUT2D eigenvalue weighted by molar-refractivity contribution is -0.384. The van der Waals surface area contributed by atoms with Gasteiger partial charge in [-0.3, -0.25) is 14.9 Å². The van der Waals surface area contributed by atoms with Crippen molar-refractivity contribution in [2.24, 2.45) is 0 Å². The van der Waals surface area contributed by atoms with E-state index < -0.39 is 10.8 Å². The van der Waals surface area contributed by atoms with Crippen LogP contribution in [0.4, 0.5) is 11.4 Å². The number of nitriles is 1. The van der Waals surface area contributed by atoms with Crippen molar-refractivity contribution in [2.45, 2.75) is 6.42 Å². The fourth-order valence-electron chi connectivity index (χ4n) is 2.19. The van der Waals surface area contributed by atoms with Crippen molar-refractivity contribution in [3.8, 4) is 11.8 Å². The third-order valence-corrected chi connectivity index (χ3v) is 3.68. The zero-order chi connectivity index (χ0) is 19.6. The molecule has 0 aliphatic carbocycles. The molecule has 2 N–H and O–H groups in total. The molecule has 8 nitrogen and oxygen atoms in total. The van der Waals surface area contributed by atoms with Gasteiger partial charge in [-0.25, -0.2) is 0 Å². The summed E-state index contributed by atoms with van der Waals surface area (Å²) in [4.78, 5) is 22.2. The average Bonchev–Trinajstić information content (AvgIpc) is 2.69. The molecule has 0 heterocycles. The van der Waals surface area contributed by atoms with E-state index in [-0.39, 0.29) is 11.3 Å². The van der Waals surface area contributed by atoms with E-state index in [1.165, 1.54) is 30.5 Å². The van der Waals surface area contributed by atoms with Gasteiger partial charge < -0.3 is 15.4 Å². The van der Waals surface area contributed by atoms with E-state index in [9.17, 15) is 14.9 Å². The lowest BCUT2D eigenvalue weighted by Crippen LogP contribution is -2.27. The highest BCUT2D eigenvalue weighted by molar-refractivity contribution is 5.97. The summed E-state index contributed by atoms with van der Waals surface area (Å²) in [6.45, 7) is 0.377. The molecular formula is C19H18N4O4. The summed E-state index contributed by atoms with van der Waals surface area (Å²) in [6, 6.07) is 15.0. The second kappa shape index (κ2) is 9.58. The summed E-state index contributed by atoms with van der Waals surface area (Å²) in [5.41, 5.74) is 1.42. The fourth-order valence-corrected chi connectivity index (χ4v) is 2.19. The van der Waals surface area contributed by atoms with Crippen LogP contribution in [-0.2, 0) is 11.2 Å². The van der Waals surface area contributed by atoms with Crippen LogP contribution in [-0.4, -0.2) is 24.5 Å². The van der Waals surface area contributed by atoms with Crippen LogP contribution >= 0.6 is 0 Å². The van der Waals surface area contributed by atoms with Gasteiger partial charge in [-0.15, -0.1) is 0 Å². The van der Waals surface area contributed by atoms with Gasteiger partial charge in [-0.05, 0) is 36.2 Å². The Hall–Kier alpha value is -3.86. The minimum Gasteiger partial charge on any atom is -0.497 e. The van der Waals surface area contributed by atoms with Crippen molar-refractivity contribution < 1.29 is 14.5 Å². The van der Waals surface area contributed by atoms with Crippen LogP contribution in [0.15, 0.2) is 60.3 Å². The minimum atomic E-state index is -0.503. The number of non-ortho nitro benzene ring substituents is 1. The van der Waals surface area contributed by atoms with Gasteiger partial charge in [-0.1, -0.05) is 12.1 Å². The Morgan fingerprint density at radius 2 is 1.89 bits per heavy atom. The molecule has 2 aromatic rings. The number of hydrogen-bond acceptors (Lipinski definition) is 6. The molecule has 1 amide bonds. The molecule has 0 aliphatic heterocycles. The maximum Gasteiger partial charge on any atom is 0.269 e. The predicted molar refractivity (Wildman–Crippen MR) is 100 cm³/mol. The van der Waals surface area contributed by atoms with E-state index in [1.54, 1.807) is 7.11 Å². The predicted octanol–water partition coefficient (Wildman–Crippen LogP) is 2.78. The minimum absolute atomic E-state index is 0.0405. The number of hydrogen-bond donors (Lipinski definition) is 2. The molecule has 0 fully saturated rings. The van der Waals surface area contributed by atoms with E-state index in [0.29, 0.717) is 18.7 Å². The summed E-state index contributed by atoms with van der Waals surface area (Å²) in [5, 5.41) is 25.2. The molecule has 0 atom stereocenters. The van der Waals surface area contributed by atoms with E-state index in [2.05, 4.69) is 10.6 Å². The van der Waals surface area contributed by atoms with Crippen molar-refractivity contribution in [1.29, 1.82) is 5.26 Å². The third kappa shape index (κ3) is 5.86. The van der Waals surface area contributed by atoms with E-state index in [0.717, 1.165) is 11.3 Å². The lowest BCUT2D eigenvalue weighted by Gasteiger charge is -2.06. The highest BCUT2D eigenvalue weighted by Gasteiger charge is 2.09. The quantitative estimate of drug-likeness (QED) is 0.321. The number of nitrogens with one attached hydrogen (secondary N) is 2. The van der Waals surface area contributed by atoms with Gasteiger partial charge in [0, 0.05) is 30.6 Å². The monoisotopic (exact) mass is 366 g/mol. The Morgan fingerprint density at radius 3 is 2.44 bits per heavy atom. The summed E-state index contributed by atoms with van der Waals surface area (Å²) in [5.74, 6) is 0.259. The zero-order valence-electron chi connectivity index (χ0n) is 14.6. The van der Waals surface area contributed by atoms with Crippen LogP contribution in [0.1, 0.15) is 5.56 Å². The first kappa shape index (κ1) is 19.5. The number of amides is 1. The number of carbonyl (C=O) groups excluding carboxylic acids is 1. The van der Waals surface area contributed by atoms with E-state index in [1.807, 2.05) is 30.3 Å². The molecule has 27 heavy (non-hydrogen) atoms. The Balaban J connectivity index is 1.87. The number of nitro benzene ring substituents is 1. The fraction of sp³-hybridized carbons (Fsp3) is 0.158. The van der Waals surface area contributed by atoms with Gasteiger partial charge in [0.05, 0.1) is 12.0 Å². The van der Waals surface area contributed by atoms with Crippen LogP contribution < -0.4 is 15.4 Å². The summed E-state index contributed by atoms with van der Waals surface area (Å²) < 4.78 is 5.09. The SMILES string of the molecule is COc1ccc(CCNC(=O)/C(C#N)=C\Nc2ccc([N+](=O)[O-])cc2)cc1. The van der Waals surface area contributed by atoms with Gasteiger partial charge in [0.1, 0.15) is 17.4 Å². The second-order valence-corrected chi connectivity index (χ2v) is 5.47. The second-order valence-electron chi connectivity index (χ2n) is 5.47. The molecule has 138 valence electrons. The van der Waals surface area contributed by atoms with Crippen LogP contribution in [0.5, 0.6) is 5.75 Å². The van der Waals surface area contributed by atoms with E-state index >= 15 is 0 Å². The molecule has 0 radical (unpaired) electrons. The number of methoxy groups -OCH3 is 1. The number of carbonyl (C=O) groups is 1. The highest BCUT2D eigenvalue weighted by atomic mass is 16.6. The topological polar surface area (TPSA) is 117 Å². The molecule has 0 saturated heterocycles. The smallest absolute Gasteiger partial charge is 0.269 e. The Labute approximate surface area is 156 Å². The molecule has 0 unspecified atom stereocenters. The van der Waals surface area contributed by atoms with Crippen molar-refractivity contribution in [2.75, 3.05) is 19.0 Å². The molecule has 0 bridgehead atoms. The third-order valence-electron chi connectivity index (χ3n) is 3.68. The molecule has 0 aliphatic rings. The van der Waals surface area contributed by atoms with Crippen molar-refractivity contribution in [3.63, 3.8) is 0 Å². The molecule has 2 aromatic carbocycles. The summed E-state index contributed by atoms with van der Waals surface area (Å²) >= 11 is 0. The number of ether oxygens (including phenoxy) is 1. The first-order valence-corrected chi connectivity index (χ1v) is 8.06. The molecule has 0 spiro atoms.